The minimum Gasteiger partial charge on any atom is -0.467 e. The molecule has 1 aliphatic heterocycles. The molecule has 134 valence electrons. The van der Waals surface area contributed by atoms with E-state index < -0.39 is 5.72 Å². The summed E-state index contributed by atoms with van der Waals surface area (Å²) in [5.74, 6) is 1.07. The summed E-state index contributed by atoms with van der Waals surface area (Å²) in [7, 11) is 1.62. The maximum absolute atomic E-state index is 12.5. The number of methoxy groups -OCH3 is 1. The van der Waals surface area contributed by atoms with Crippen LogP contribution in [-0.4, -0.2) is 37.8 Å². The van der Waals surface area contributed by atoms with Gasteiger partial charge in [0.15, 0.2) is 5.72 Å². The maximum Gasteiger partial charge on any atom is 0.258 e. The molecule has 2 N–H and O–H groups in total. The average Bonchev–Trinajstić information content (AvgIpc) is 2.62. The first-order chi connectivity index (χ1) is 12.1. The summed E-state index contributed by atoms with van der Waals surface area (Å²) in [6, 6.07) is 7.36. The van der Waals surface area contributed by atoms with E-state index in [1.54, 1.807) is 13.2 Å². The first-order valence-corrected chi connectivity index (χ1v) is 9.00. The van der Waals surface area contributed by atoms with Crippen LogP contribution in [0.25, 0.3) is 0 Å². The van der Waals surface area contributed by atoms with Crippen LogP contribution < -0.4 is 15.4 Å². The number of amides is 2. The number of ether oxygens (including phenoxy) is 2. The molecule has 1 heterocycles. The Kier molecular flexibility index (Phi) is 4.15. The highest BCUT2D eigenvalue weighted by Gasteiger charge is 2.57. The summed E-state index contributed by atoms with van der Waals surface area (Å²) in [5, 5.41) is 6.08. The van der Waals surface area contributed by atoms with Crippen LogP contribution in [0.5, 0.6) is 5.75 Å². The number of rotatable bonds is 4. The van der Waals surface area contributed by atoms with Gasteiger partial charge in [-0.2, -0.15) is 0 Å². The number of fused-ring (bicyclic) bond motifs is 3. The molecule has 3 aliphatic carbocycles. The van der Waals surface area contributed by atoms with Gasteiger partial charge in [-0.15, -0.1) is 0 Å². The van der Waals surface area contributed by atoms with Crippen molar-refractivity contribution < 1.29 is 19.1 Å². The molecule has 3 fully saturated rings. The second-order valence-corrected chi connectivity index (χ2v) is 7.31. The summed E-state index contributed by atoms with van der Waals surface area (Å²) < 4.78 is 11.3. The summed E-state index contributed by atoms with van der Waals surface area (Å²) in [6.45, 7) is 1.06. The van der Waals surface area contributed by atoms with Gasteiger partial charge in [-0.25, -0.2) is 0 Å². The Morgan fingerprint density at radius 1 is 1.40 bits per heavy atom. The number of nitrogens with one attached hydrogen (secondary N) is 2. The molecule has 25 heavy (non-hydrogen) atoms. The van der Waals surface area contributed by atoms with Gasteiger partial charge in [0.1, 0.15) is 5.75 Å². The van der Waals surface area contributed by atoms with Gasteiger partial charge in [0.05, 0.1) is 12.2 Å². The first kappa shape index (κ1) is 16.4. The molecule has 2 amide bonds. The average molecular weight is 344 g/mol. The molecule has 0 saturated heterocycles. The fourth-order valence-electron chi connectivity index (χ4n) is 4.69. The number of carbonyl (C=O) groups is 2. The highest BCUT2D eigenvalue weighted by atomic mass is 16.5. The Balaban J connectivity index is 1.51. The van der Waals surface area contributed by atoms with Gasteiger partial charge in [-0.1, -0.05) is 12.1 Å². The van der Waals surface area contributed by atoms with E-state index in [1.165, 1.54) is 0 Å². The van der Waals surface area contributed by atoms with E-state index in [9.17, 15) is 9.59 Å². The van der Waals surface area contributed by atoms with Crippen LogP contribution in [0.2, 0.25) is 0 Å². The topological polar surface area (TPSA) is 76.7 Å². The van der Waals surface area contributed by atoms with E-state index in [-0.39, 0.29) is 29.6 Å². The molecule has 3 saturated carbocycles. The van der Waals surface area contributed by atoms with E-state index in [1.807, 2.05) is 18.2 Å². The van der Waals surface area contributed by atoms with E-state index in [2.05, 4.69) is 10.6 Å². The number of carbonyl (C=O) groups excluding carboxylic acids is 2. The largest absolute Gasteiger partial charge is 0.467 e. The zero-order valence-electron chi connectivity index (χ0n) is 14.4. The standard InChI is InChI=1S/C19H24N2O4/c1-24-9-8-20-17(22)15-10-13-7-6-12(15)11-19(13)21-18(23)14-4-2-3-5-16(14)25-19/h2-5,12-13,15H,6-11H2,1H3,(H,20,22)(H,21,23). The van der Waals surface area contributed by atoms with Crippen LogP contribution >= 0.6 is 0 Å². The molecule has 5 rings (SSSR count). The normalized spacial score (nSPS) is 32.7. The van der Waals surface area contributed by atoms with Crippen molar-refractivity contribution in [2.75, 3.05) is 20.3 Å². The van der Waals surface area contributed by atoms with Crippen molar-refractivity contribution >= 4 is 11.8 Å². The lowest BCUT2D eigenvalue weighted by Gasteiger charge is -2.55. The predicted molar refractivity (Wildman–Crippen MR) is 91.1 cm³/mol. The molecule has 4 unspecified atom stereocenters. The lowest BCUT2D eigenvalue weighted by Crippen LogP contribution is -2.67. The van der Waals surface area contributed by atoms with E-state index in [0.717, 1.165) is 19.3 Å². The molecule has 4 aliphatic rings. The zero-order chi connectivity index (χ0) is 17.4. The first-order valence-electron chi connectivity index (χ1n) is 9.00. The number of hydrogen-bond donors (Lipinski definition) is 2. The van der Waals surface area contributed by atoms with Gasteiger partial charge in [-0.05, 0) is 37.3 Å². The van der Waals surface area contributed by atoms with Crippen molar-refractivity contribution in [3.8, 4) is 5.75 Å². The van der Waals surface area contributed by atoms with Crippen molar-refractivity contribution in [3.63, 3.8) is 0 Å². The van der Waals surface area contributed by atoms with Gasteiger partial charge in [0.2, 0.25) is 5.91 Å². The van der Waals surface area contributed by atoms with Gasteiger partial charge >= 0.3 is 0 Å². The predicted octanol–water partition coefficient (Wildman–Crippen LogP) is 1.70. The summed E-state index contributed by atoms with van der Waals surface area (Å²) >= 11 is 0. The lowest BCUT2D eigenvalue weighted by atomic mass is 9.60. The Morgan fingerprint density at radius 3 is 3.00 bits per heavy atom. The summed E-state index contributed by atoms with van der Waals surface area (Å²) in [5.41, 5.74) is -0.0686. The number of benzene rings is 1. The van der Waals surface area contributed by atoms with Crippen LogP contribution in [0.15, 0.2) is 24.3 Å². The van der Waals surface area contributed by atoms with Crippen molar-refractivity contribution in [2.45, 2.75) is 31.4 Å². The quantitative estimate of drug-likeness (QED) is 0.815. The molecule has 4 atom stereocenters. The molecule has 1 aromatic rings. The molecule has 0 radical (unpaired) electrons. The minimum atomic E-state index is -0.655. The lowest BCUT2D eigenvalue weighted by molar-refractivity contribution is -0.146. The molecule has 6 heteroatoms. The smallest absolute Gasteiger partial charge is 0.258 e. The van der Waals surface area contributed by atoms with Crippen LogP contribution in [0.4, 0.5) is 0 Å². The minimum absolute atomic E-state index is 0.00102. The summed E-state index contributed by atoms with van der Waals surface area (Å²) in [4.78, 5) is 25.0. The summed E-state index contributed by atoms with van der Waals surface area (Å²) in [6.07, 6.45) is 3.44. The number of para-hydroxylation sites is 1. The van der Waals surface area contributed by atoms with Gasteiger partial charge in [0, 0.05) is 31.9 Å². The highest BCUT2D eigenvalue weighted by Crippen LogP contribution is 2.52. The third-order valence-corrected chi connectivity index (χ3v) is 5.91. The van der Waals surface area contributed by atoms with Crippen molar-refractivity contribution in [3.05, 3.63) is 29.8 Å². The van der Waals surface area contributed by atoms with E-state index in [0.29, 0.717) is 30.9 Å². The maximum atomic E-state index is 12.5. The third-order valence-electron chi connectivity index (χ3n) is 5.91. The van der Waals surface area contributed by atoms with E-state index in [4.69, 9.17) is 9.47 Å². The Morgan fingerprint density at radius 2 is 2.24 bits per heavy atom. The Bertz CT molecular complexity index is 692. The molecule has 1 spiro atoms. The Hall–Kier alpha value is -2.08. The number of hydrogen-bond acceptors (Lipinski definition) is 4. The monoisotopic (exact) mass is 344 g/mol. The second-order valence-electron chi connectivity index (χ2n) is 7.31. The molecular formula is C19H24N2O4. The molecule has 2 bridgehead atoms. The highest BCUT2D eigenvalue weighted by molar-refractivity contribution is 5.98. The SMILES string of the molecule is COCCNC(=O)C1CC2CCC1CC21NC(=O)c2ccccc2O1. The van der Waals surface area contributed by atoms with E-state index >= 15 is 0 Å². The van der Waals surface area contributed by atoms with Crippen molar-refractivity contribution in [1.29, 1.82) is 0 Å². The van der Waals surface area contributed by atoms with Crippen LogP contribution in [0.3, 0.4) is 0 Å². The van der Waals surface area contributed by atoms with Crippen molar-refractivity contribution in [2.24, 2.45) is 17.8 Å². The van der Waals surface area contributed by atoms with Gasteiger partial charge in [-0.3, -0.25) is 9.59 Å². The van der Waals surface area contributed by atoms with Gasteiger partial charge < -0.3 is 20.1 Å². The van der Waals surface area contributed by atoms with Gasteiger partial charge in [0.25, 0.3) is 5.91 Å². The second kappa shape index (κ2) is 6.33. The zero-order valence-corrected chi connectivity index (χ0v) is 14.4. The Labute approximate surface area is 147 Å². The fraction of sp³-hybridized carbons (Fsp3) is 0.579. The molecule has 0 aromatic heterocycles. The van der Waals surface area contributed by atoms with Crippen LogP contribution in [0, 0.1) is 17.8 Å². The van der Waals surface area contributed by atoms with Crippen molar-refractivity contribution in [1.82, 2.24) is 10.6 Å². The molecule has 6 nitrogen and oxygen atoms in total. The molecule has 1 aromatic carbocycles. The fourth-order valence-corrected chi connectivity index (χ4v) is 4.69. The third kappa shape index (κ3) is 2.78. The molecular weight excluding hydrogens is 320 g/mol. The van der Waals surface area contributed by atoms with Crippen LogP contribution in [-0.2, 0) is 9.53 Å². The van der Waals surface area contributed by atoms with Crippen LogP contribution in [0.1, 0.15) is 36.0 Å².